The second-order valence-electron chi connectivity index (χ2n) is 2.72. The van der Waals surface area contributed by atoms with E-state index in [2.05, 4.69) is 11.7 Å². The van der Waals surface area contributed by atoms with Gasteiger partial charge in [0.05, 0.1) is 6.21 Å². The van der Waals surface area contributed by atoms with E-state index in [9.17, 15) is 0 Å². The lowest BCUT2D eigenvalue weighted by atomic mass is 10.1. The quantitative estimate of drug-likeness (QED) is 0.328. The van der Waals surface area contributed by atoms with Gasteiger partial charge in [0.25, 0.3) is 0 Å². The first-order valence-electron chi connectivity index (χ1n) is 6.19. The van der Waals surface area contributed by atoms with Crippen LogP contribution in [0.5, 0.6) is 5.75 Å². The Bertz CT molecular complexity index is 320. The van der Waals surface area contributed by atoms with E-state index < -0.39 is 0 Å². The lowest BCUT2D eigenvalue weighted by Gasteiger charge is -1.97. The minimum atomic E-state index is 0.119. The largest absolute Gasteiger partial charge is 0.507 e. The SMILES string of the molecule is C=CC.CC.CC.Cc1ccc(O)c(/C=N/O)c1. The molecule has 0 saturated carbocycles. The molecule has 0 spiro atoms. The van der Waals surface area contributed by atoms with Crippen LogP contribution in [-0.4, -0.2) is 16.5 Å². The fourth-order valence-electron chi connectivity index (χ4n) is 0.840. The van der Waals surface area contributed by atoms with Crippen LogP contribution < -0.4 is 0 Å². The van der Waals surface area contributed by atoms with Gasteiger partial charge in [0.1, 0.15) is 5.75 Å². The summed E-state index contributed by atoms with van der Waals surface area (Å²) in [5.74, 6) is 0.119. The zero-order valence-corrected chi connectivity index (χ0v) is 12.4. The number of allylic oxidation sites excluding steroid dienone is 1. The normalized spacial score (nSPS) is 7.89. The molecule has 0 atom stereocenters. The molecule has 0 radical (unpaired) electrons. The third-order valence-electron chi connectivity index (χ3n) is 1.38. The number of hydrogen-bond acceptors (Lipinski definition) is 3. The van der Waals surface area contributed by atoms with E-state index in [0.717, 1.165) is 5.56 Å². The second kappa shape index (κ2) is 17.6. The molecule has 2 N–H and O–H groups in total. The Morgan fingerprint density at radius 1 is 1.17 bits per heavy atom. The summed E-state index contributed by atoms with van der Waals surface area (Å²) >= 11 is 0. The molecule has 0 amide bonds. The van der Waals surface area contributed by atoms with Gasteiger partial charge >= 0.3 is 0 Å². The molecule has 0 aromatic heterocycles. The molecule has 0 bridgehead atoms. The Hall–Kier alpha value is -1.77. The molecule has 1 rings (SSSR count). The zero-order chi connectivity index (χ0) is 15.0. The first kappa shape index (κ1) is 21.5. The first-order chi connectivity index (χ1) is 8.65. The van der Waals surface area contributed by atoms with Crippen LogP contribution in [0.1, 0.15) is 45.7 Å². The highest BCUT2D eigenvalue weighted by atomic mass is 16.4. The average Bonchev–Trinajstić information content (AvgIpc) is 2.40. The topological polar surface area (TPSA) is 52.8 Å². The molecule has 0 aliphatic rings. The molecule has 0 aliphatic heterocycles. The molecule has 104 valence electrons. The van der Waals surface area contributed by atoms with Gasteiger partial charge in [-0.15, -0.1) is 6.58 Å². The van der Waals surface area contributed by atoms with Crippen molar-refractivity contribution in [2.24, 2.45) is 5.16 Å². The number of nitrogens with zero attached hydrogens (tertiary/aromatic N) is 1. The van der Waals surface area contributed by atoms with Crippen molar-refractivity contribution >= 4 is 6.21 Å². The second-order valence-corrected chi connectivity index (χ2v) is 2.72. The molecule has 1 aromatic rings. The molecule has 0 fully saturated rings. The van der Waals surface area contributed by atoms with Crippen LogP contribution in [0.2, 0.25) is 0 Å². The van der Waals surface area contributed by atoms with Gasteiger partial charge in [-0.2, -0.15) is 0 Å². The van der Waals surface area contributed by atoms with E-state index in [0.29, 0.717) is 5.56 Å². The van der Waals surface area contributed by atoms with E-state index in [-0.39, 0.29) is 5.75 Å². The Kier molecular flexibility index (Phi) is 21.1. The maximum Gasteiger partial charge on any atom is 0.124 e. The minimum absolute atomic E-state index is 0.119. The van der Waals surface area contributed by atoms with Gasteiger partial charge in [0.15, 0.2) is 0 Å². The zero-order valence-electron chi connectivity index (χ0n) is 12.4. The van der Waals surface area contributed by atoms with Crippen molar-refractivity contribution in [2.75, 3.05) is 0 Å². The Morgan fingerprint density at radius 2 is 1.61 bits per heavy atom. The standard InChI is InChI=1S/C8H9NO2.C3H6.2C2H6/c1-6-2-3-8(10)7(4-6)5-9-11;1-3-2;2*1-2/h2-5,10-11H,1H3;3H,1H2,2H3;2*1-2H3/b9-5+;;;. The Morgan fingerprint density at radius 3 is 2.00 bits per heavy atom. The molecule has 1 aromatic carbocycles. The van der Waals surface area contributed by atoms with Gasteiger partial charge in [-0.1, -0.05) is 50.6 Å². The number of phenolic OH excluding ortho intramolecular Hbond substituents is 1. The van der Waals surface area contributed by atoms with Gasteiger partial charge in [-0.05, 0) is 26.0 Å². The number of benzene rings is 1. The molecule has 18 heavy (non-hydrogen) atoms. The van der Waals surface area contributed by atoms with Crippen LogP contribution in [-0.2, 0) is 0 Å². The van der Waals surface area contributed by atoms with E-state index >= 15 is 0 Å². The van der Waals surface area contributed by atoms with E-state index in [4.69, 9.17) is 10.3 Å². The molecule has 0 aliphatic carbocycles. The van der Waals surface area contributed by atoms with Gasteiger partial charge in [-0.25, -0.2) is 0 Å². The maximum atomic E-state index is 9.16. The van der Waals surface area contributed by atoms with Crippen LogP contribution in [0.25, 0.3) is 0 Å². The Balaban J connectivity index is -0.000000274. The summed E-state index contributed by atoms with van der Waals surface area (Å²) in [5, 5.41) is 20.2. The van der Waals surface area contributed by atoms with Crippen molar-refractivity contribution in [3.8, 4) is 5.75 Å². The fourth-order valence-corrected chi connectivity index (χ4v) is 0.840. The number of hydrogen-bond donors (Lipinski definition) is 2. The predicted molar refractivity (Wildman–Crippen MR) is 80.8 cm³/mol. The molecule has 3 nitrogen and oxygen atoms in total. The lowest BCUT2D eigenvalue weighted by Crippen LogP contribution is -1.83. The number of phenols is 1. The molecule has 0 heterocycles. The van der Waals surface area contributed by atoms with Gasteiger partial charge in [-0.3, -0.25) is 0 Å². The molecular formula is C15H27NO2. The summed E-state index contributed by atoms with van der Waals surface area (Å²) < 4.78 is 0. The summed E-state index contributed by atoms with van der Waals surface area (Å²) in [6, 6.07) is 5.07. The highest BCUT2D eigenvalue weighted by molar-refractivity contribution is 5.83. The molecule has 3 heteroatoms. The van der Waals surface area contributed by atoms with E-state index in [1.165, 1.54) is 6.21 Å². The molecular weight excluding hydrogens is 226 g/mol. The summed E-state index contributed by atoms with van der Waals surface area (Å²) in [4.78, 5) is 0. The van der Waals surface area contributed by atoms with Crippen molar-refractivity contribution in [1.82, 2.24) is 0 Å². The monoisotopic (exact) mass is 253 g/mol. The van der Waals surface area contributed by atoms with Crippen molar-refractivity contribution < 1.29 is 10.3 Å². The van der Waals surface area contributed by atoms with E-state index in [1.807, 2.05) is 41.5 Å². The van der Waals surface area contributed by atoms with Crippen molar-refractivity contribution in [3.63, 3.8) is 0 Å². The molecule has 0 saturated heterocycles. The van der Waals surface area contributed by atoms with Gasteiger partial charge in [0, 0.05) is 5.56 Å². The number of rotatable bonds is 1. The first-order valence-corrected chi connectivity index (χ1v) is 6.19. The number of aromatic hydroxyl groups is 1. The van der Waals surface area contributed by atoms with Crippen molar-refractivity contribution in [1.29, 1.82) is 0 Å². The number of aryl methyl sites for hydroxylation is 1. The van der Waals surface area contributed by atoms with Crippen molar-refractivity contribution in [3.05, 3.63) is 42.0 Å². The van der Waals surface area contributed by atoms with Crippen LogP contribution in [0.4, 0.5) is 0 Å². The maximum absolute atomic E-state index is 9.16. The van der Waals surface area contributed by atoms with Gasteiger partial charge in [0.2, 0.25) is 0 Å². The van der Waals surface area contributed by atoms with Crippen LogP contribution >= 0.6 is 0 Å². The molecule has 0 unspecified atom stereocenters. The minimum Gasteiger partial charge on any atom is -0.507 e. The average molecular weight is 253 g/mol. The number of oxime groups is 1. The van der Waals surface area contributed by atoms with Crippen LogP contribution in [0, 0.1) is 6.92 Å². The van der Waals surface area contributed by atoms with Crippen LogP contribution in [0.3, 0.4) is 0 Å². The summed E-state index contributed by atoms with van der Waals surface area (Å²) in [6.45, 7) is 15.1. The predicted octanol–water partition coefficient (Wildman–Crippen LogP) is 4.75. The Labute approximate surface area is 111 Å². The lowest BCUT2D eigenvalue weighted by molar-refractivity contribution is 0.321. The third-order valence-corrected chi connectivity index (χ3v) is 1.38. The van der Waals surface area contributed by atoms with Crippen molar-refractivity contribution in [2.45, 2.75) is 41.5 Å². The highest BCUT2D eigenvalue weighted by Gasteiger charge is 1.96. The third kappa shape index (κ3) is 12.3. The summed E-state index contributed by atoms with van der Waals surface area (Å²) in [6.07, 6.45) is 2.95. The fraction of sp³-hybridized carbons (Fsp3) is 0.400. The summed E-state index contributed by atoms with van der Waals surface area (Å²) in [5.41, 5.74) is 1.53. The highest BCUT2D eigenvalue weighted by Crippen LogP contribution is 2.15. The van der Waals surface area contributed by atoms with E-state index in [1.54, 1.807) is 24.3 Å². The summed E-state index contributed by atoms with van der Waals surface area (Å²) in [7, 11) is 0. The van der Waals surface area contributed by atoms with Crippen LogP contribution in [0.15, 0.2) is 36.0 Å². The smallest absolute Gasteiger partial charge is 0.124 e. The van der Waals surface area contributed by atoms with Gasteiger partial charge < -0.3 is 10.3 Å².